The summed E-state index contributed by atoms with van der Waals surface area (Å²) >= 11 is 0. The molecule has 0 unspecified atom stereocenters. The molecule has 0 aromatic carbocycles. The van der Waals surface area contributed by atoms with E-state index >= 15 is 0 Å². The van der Waals surface area contributed by atoms with Crippen molar-refractivity contribution in [2.75, 3.05) is 0 Å². The van der Waals surface area contributed by atoms with Crippen LogP contribution in [0.4, 0.5) is 0 Å². The normalized spacial score (nSPS) is 8.05. The molecule has 13 nitrogen and oxygen atoms in total. The van der Waals surface area contributed by atoms with Crippen molar-refractivity contribution in [2.45, 2.75) is 22.3 Å². The molecule has 22 heavy (non-hydrogen) atoms. The Balaban J connectivity index is -0.0000000106. The maximum atomic E-state index is 8.88. The second-order valence-corrected chi connectivity index (χ2v) is 4.62. The van der Waals surface area contributed by atoms with Gasteiger partial charge in [-0.05, 0) is 0 Å². The van der Waals surface area contributed by atoms with Gasteiger partial charge in [-0.25, -0.2) is 13.7 Å². The van der Waals surface area contributed by atoms with Crippen molar-refractivity contribution in [1.82, 2.24) is 6.15 Å². The molecule has 12 N–H and O–H groups in total. The third-order valence-electron chi connectivity index (χ3n) is 0. The molecule has 134 valence electrons. The minimum atomic E-state index is -4.64. The molecule has 0 radical (unpaired) electrons. The molecule has 0 saturated carbocycles. The Morgan fingerprint density at radius 2 is 0.409 bits per heavy atom. The van der Waals surface area contributed by atoms with Crippen LogP contribution in [-0.2, 0) is 13.7 Å². The molecule has 19 heteroatoms. The van der Waals surface area contributed by atoms with Gasteiger partial charge in [0.25, 0.3) is 0 Å². The van der Waals surface area contributed by atoms with E-state index in [0.717, 1.165) is 0 Å². The molecule has 0 aromatic heterocycles. The Morgan fingerprint density at radius 3 is 0.409 bits per heavy atom. The van der Waals surface area contributed by atoms with Gasteiger partial charge in [-0.15, -0.1) is 0 Å². The first-order valence-electron chi connectivity index (χ1n) is 2.35. The van der Waals surface area contributed by atoms with Crippen LogP contribution in [0.1, 0.15) is 22.3 Å². The van der Waals surface area contributed by atoms with Crippen LogP contribution in [-0.4, -0.2) is 133 Å². The van der Waals surface area contributed by atoms with Gasteiger partial charge in [0.15, 0.2) is 0 Å². The molecule has 0 fully saturated rings. The van der Waals surface area contributed by atoms with Gasteiger partial charge in [-0.1, -0.05) is 22.3 Å². The summed E-state index contributed by atoms with van der Waals surface area (Å²) in [6.07, 6.45) is 0. The van der Waals surface area contributed by atoms with E-state index in [1.165, 1.54) is 0 Å². The summed E-state index contributed by atoms with van der Waals surface area (Å²) < 4.78 is 26.6. The quantitative estimate of drug-likeness (QED) is 0.139. The fourth-order valence-corrected chi connectivity index (χ4v) is 0. The van der Waals surface area contributed by atoms with Crippen LogP contribution in [0.15, 0.2) is 0 Å². The number of hydrogen-bond acceptors (Lipinski definition) is 4. The molecule has 0 aliphatic carbocycles. The van der Waals surface area contributed by atoms with Crippen LogP contribution in [0.25, 0.3) is 0 Å². The third kappa shape index (κ3) is 1070. The Hall–Kier alpha value is 3.29. The van der Waals surface area contributed by atoms with Crippen molar-refractivity contribution in [2.24, 2.45) is 0 Å². The van der Waals surface area contributed by atoms with Crippen LogP contribution < -0.4 is 6.15 Å². The minimum absolute atomic E-state index is 0. The zero-order valence-corrected chi connectivity index (χ0v) is 9.98. The van der Waals surface area contributed by atoms with Crippen LogP contribution in [0.2, 0.25) is 0 Å². The van der Waals surface area contributed by atoms with E-state index in [0.29, 0.717) is 0 Å². The standard InChI is InChI=1S/3CH4.H3N.3Na.3H3O4P.3H/c;;;;;;;3*1-5(2,3)4;;;/h3*1H4;1H3;;;;3*(H3,1,2,3,4);;;. The van der Waals surface area contributed by atoms with Crippen molar-refractivity contribution in [3.05, 3.63) is 0 Å². The first-order valence-corrected chi connectivity index (χ1v) is 7.04. The van der Waals surface area contributed by atoms with E-state index in [1.54, 1.807) is 0 Å². The maximum absolute atomic E-state index is 8.88. The van der Waals surface area contributed by atoms with Gasteiger partial charge in [-0.3, -0.25) is 0 Å². The summed E-state index contributed by atoms with van der Waals surface area (Å²) in [5.41, 5.74) is 0. The van der Waals surface area contributed by atoms with Gasteiger partial charge < -0.3 is 50.2 Å². The summed E-state index contributed by atoms with van der Waals surface area (Å²) in [6.45, 7) is 0. The number of phosphoric acid groups is 3. The Morgan fingerprint density at radius 1 is 0.409 bits per heavy atom. The summed E-state index contributed by atoms with van der Waals surface area (Å²) in [5, 5.41) is 0. The average Bonchev–Trinajstić information content (AvgIpc) is 1.41. The SMILES string of the molecule is C.C.C.N.O=P(O)(O)O.O=P(O)(O)O.O=P(O)(O)O.[NaH].[NaH].[NaH]. The van der Waals surface area contributed by atoms with E-state index in [2.05, 4.69) is 0 Å². The van der Waals surface area contributed by atoms with Crippen molar-refractivity contribution in [1.29, 1.82) is 0 Å². The second-order valence-electron chi connectivity index (χ2n) is 1.54. The van der Waals surface area contributed by atoms with Gasteiger partial charge >= 0.3 is 112 Å². The molecule has 0 aliphatic rings. The number of hydrogen-bond donors (Lipinski definition) is 10. The Kier molecular flexibility index (Phi) is 84.3. The van der Waals surface area contributed by atoms with E-state index in [1.807, 2.05) is 0 Å². The molecule has 0 bridgehead atoms. The summed E-state index contributed by atoms with van der Waals surface area (Å²) in [5.74, 6) is 0. The fourth-order valence-electron chi connectivity index (χ4n) is 0. The summed E-state index contributed by atoms with van der Waals surface area (Å²) in [4.78, 5) is 64.7. The molecular weight excluding hydrogens is 404 g/mol. The molecule has 0 aromatic rings. The molecule has 0 aliphatic heterocycles. The van der Waals surface area contributed by atoms with Crippen molar-refractivity contribution in [3.63, 3.8) is 0 Å². The third-order valence-corrected chi connectivity index (χ3v) is 0. The monoisotopic (exact) mass is 431 g/mol. The van der Waals surface area contributed by atoms with E-state index in [-0.39, 0.29) is 117 Å². The Labute approximate surface area is 196 Å². The van der Waals surface area contributed by atoms with Gasteiger partial charge in [0, 0.05) is 0 Å². The zero-order chi connectivity index (χ0) is 13.5. The van der Waals surface area contributed by atoms with E-state index in [4.69, 9.17) is 57.7 Å². The average molecular weight is 431 g/mol. The van der Waals surface area contributed by atoms with Crippen LogP contribution in [0.5, 0.6) is 0 Å². The molecule has 0 amide bonds. The molecule has 0 saturated heterocycles. The molecule has 0 atom stereocenters. The van der Waals surface area contributed by atoms with Crippen molar-refractivity contribution in [3.8, 4) is 0 Å². The van der Waals surface area contributed by atoms with E-state index in [9.17, 15) is 0 Å². The second kappa shape index (κ2) is 29.1. The first-order chi connectivity index (χ1) is 6.00. The van der Waals surface area contributed by atoms with Gasteiger partial charge in [0.2, 0.25) is 0 Å². The van der Waals surface area contributed by atoms with Gasteiger partial charge in [0.05, 0.1) is 0 Å². The Bertz CT molecular complexity index is 227. The van der Waals surface area contributed by atoms with Crippen molar-refractivity contribution < 1.29 is 57.7 Å². The van der Waals surface area contributed by atoms with Gasteiger partial charge in [-0.2, -0.15) is 0 Å². The zero-order valence-electron chi connectivity index (χ0n) is 7.30. The fraction of sp³-hybridized carbons (Fsp3) is 1.00. The predicted molar refractivity (Wildman–Crippen MR) is 89.5 cm³/mol. The van der Waals surface area contributed by atoms with Gasteiger partial charge in [0.1, 0.15) is 0 Å². The van der Waals surface area contributed by atoms with Crippen LogP contribution in [0, 0.1) is 0 Å². The van der Waals surface area contributed by atoms with Crippen LogP contribution in [0.3, 0.4) is 0 Å². The topological polar surface area (TPSA) is 268 Å². The molecule has 0 spiro atoms. The van der Waals surface area contributed by atoms with Crippen LogP contribution >= 0.6 is 23.5 Å². The van der Waals surface area contributed by atoms with E-state index < -0.39 is 23.5 Å². The summed E-state index contributed by atoms with van der Waals surface area (Å²) in [6, 6.07) is 0. The molecule has 0 heterocycles. The van der Waals surface area contributed by atoms with Crippen molar-refractivity contribution >= 4 is 112 Å². The number of rotatable bonds is 0. The first kappa shape index (κ1) is 63.8. The molecular formula is C3H27NNa3O12P3. The predicted octanol–water partition coefficient (Wildman–Crippen LogP) is -2.66. The molecule has 0 rings (SSSR count). The summed E-state index contributed by atoms with van der Waals surface area (Å²) in [7, 11) is -13.9.